The van der Waals surface area contributed by atoms with Gasteiger partial charge >= 0.3 is 0 Å². The Morgan fingerprint density at radius 1 is 1.15 bits per heavy atom. The summed E-state index contributed by atoms with van der Waals surface area (Å²) in [6.07, 6.45) is 0.711. The van der Waals surface area contributed by atoms with Gasteiger partial charge in [-0.1, -0.05) is 11.6 Å². The van der Waals surface area contributed by atoms with Crippen LogP contribution < -0.4 is 14.8 Å². The van der Waals surface area contributed by atoms with Gasteiger partial charge in [-0.05, 0) is 35.9 Å². The smallest absolute Gasteiger partial charge is 0.164 e. The van der Waals surface area contributed by atoms with Gasteiger partial charge in [0.25, 0.3) is 0 Å². The molecular formula is C17H15Cl2FN4O2. The third kappa shape index (κ3) is 4.05. The maximum atomic E-state index is 13.3. The van der Waals surface area contributed by atoms with Crippen LogP contribution in [0.3, 0.4) is 0 Å². The van der Waals surface area contributed by atoms with E-state index in [0.29, 0.717) is 52.8 Å². The number of nitrogens with zero attached hydrogens (tertiary/aromatic N) is 3. The van der Waals surface area contributed by atoms with Crippen LogP contribution in [0, 0.1) is 5.82 Å². The Morgan fingerprint density at radius 3 is 2.73 bits per heavy atom. The number of nitrogens with one attached hydrogen (secondary N) is 1. The van der Waals surface area contributed by atoms with Crippen LogP contribution in [0.15, 0.2) is 30.3 Å². The van der Waals surface area contributed by atoms with Crippen molar-refractivity contribution in [2.24, 2.45) is 0 Å². The van der Waals surface area contributed by atoms with Crippen LogP contribution >= 0.6 is 23.2 Å². The Balaban J connectivity index is 1.97. The largest absolute Gasteiger partial charge is 0.493 e. The van der Waals surface area contributed by atoms with E-state index in [0.717, 1.165) is 0 Å². The van der Waals surface area contributed by atoms with Gasteiger partial charge in [-0.25, -0.2) is 4.39 Å². The van der Waals surface area contributed by atoms with E-state index in [9.17, 15) is 4.39 Å². The molecule has 136 valence electrons. The predicted molar refractivity (Wildman–Crippen MR) is 99.4 cm³/mol. The molecule has 0 unspecified atom stereocenters. The summed E-state index contributed by atoms with van der Waals surface area (Å²) < 4.78 is 24.4. The number of fused-ring (bicyclic) bond motifs is 1. The van der Waals surface area contributed by atoms with Gasteiger partial charge in [0.15, 0.2) is 17.3 Å². The number of alkyl halides is 1. The monoisotopic (exact) mass is 396 g/mol. The Morgan fingerprint density at radius 2 is 2.00 bits per heavy atom. The van der Waals surface area contributed by atoms with Crippen molar-refractivity contribution in [3.05, 3.63) is 41.2 Å². The summed E-state index contributed by atoms with van der Waals surface area (Å²) in [5.74, 6) is 1.52. The second-order valence-corrected chi connectivity index (χ2v) is 6.09. The molecule has 1 N–H and O–H groups in total. The van der Waals surface area contributed by atoms with Crippen LogP contribution in [0.2, 0.25) is 5.02 Å². The maximum absolute atomic E-state index is 13.3. The lowest BCUT2D eigenvalue weighted by molar-refractivity contribution is 0.295. The van der Waals surface area contributed by atoms with Gasteiger partial charge in [0.05, 0.1) is 24.1 Å². The molecular weight excluding hydrogens is 382 g/mol. The number of ether oxygens (including phenoxy) is 2. The van der Waals surface area contributed by atoms with Crippen LogP contribution in [0.1, 0.15) is 6.42 Å². The van der Waals surface area contributed by atoms with Gasteiger partial charge in [-0.2, -0.15) is 0 Å². The fourth-order valence-electron chi connectivity index (χ4n) is 2.30. The third-order valence-electron chi connectivity index (χ3n) is 3.55. The fourth-order valence-corrected chi connectivity index (χ4v) is 2.59. The van der Waals surface area contributed by atoms with Crippen molar-refractivity contribution in [2.75, 3.05) is 24.9 Å². The number of hydrogen-bond acceptors (Lipinski definition) is 6. The molecule has 1 aromatic heterocycles. The first-order chi connectivity index (χ1) is 12.6. The summed E-state index contributed by atoms with van der Waals surface area (Å²) in [6.45, 7) is 0.461. The van der Waals surface area contributed by atoms with Gasteiger partial charge in [0.2, 0.25) is 0 Å². The second kappa shape index (κ2) is 8.33. The molecule has 0 bridgehead atoms. The average Bonchev–Trinajstić information content (AvgIpc) is 2.64. The molecule has 0 saturated carbocycles. The van der Waals surface area contributed by atoms with E-state index in [1.807, 2.05) is 0 Å². The van der Waals surface area contributed by atoms with E-state index in [2.05, 4.69) is 20.7 Å². The maximum Gasteiger partial charge on any atom is 0.164 e. The Bertz CT molecular complexity index is 927. The summed E-state index contributed by atoms with van der Waals surface area (Å²) >= 11 is 11.5. The lowest BCUT2D eigenvalue weighted by atomic mass is 10.2. The van der Waals surface area contributed by atoms with Gasteiger partial charge in [0.1, 0.15) is 11.3 Å². The van der Waals surface area contributed by atoms with Gasteiger partial charge in [-0.15, -0.1) is 21.8 Å². The Labute approximate surface area is 159 Å². The summed E-state index contributed by atoms with van der Waals surface area (Å²) in [5, 5.41) is 15.5. The number of methoxy groups -OCH3 is 1. The lowest BCUT2D eigenvalue weighted by Gasteiger charge is -2.13. The average molecular weight is 397 g/mol. The minimum Gasteiger partial charge on any atom is -0.493 e. The molecule has 9 heteroatoms. The van der Waals surface area contributed by atoms with Crippen LogP contribution in [0.4, 0.5) is 15.9 Å². The molecule has 26 heavy (non-hydrogen) atoms. The first-order valence-electron chi connectivity index (χ1n) is 7.74. The molecule has 0 atom stereocenters. The minimum atomic E-state index is -0.497. The Hall–Kier alpha value is -2.38. The van der Waals surface area contributed by atoms with E-state index in [4.69, 9.17) is 32.7 Å². The van der Waals surface area contributed by atoms with E-state index >= 15 is 0 Å². The van der Waals surface area contributed by atoms with Crippen LogP contribution in [-0.4, -0.2) is 35.0 Å². The molecule has 0 fully saturated rings. The Kier molecular flexibility index (Phi) is 5.90. The number of hydrogen-bond donors (Lipinski definition) is 1. The molecule has 3 rings (SSSR count). The summed E-state index contributed by atoms with van der Waals surface area (Å²) in [5.41, 5.74) is 1.14. The van der Waals surface area contributed by atoms with Gasteiger partial charge < -0.3 is 14.8 Å². The molecule has 0 aliphatic rings. The van der Waals surface area contributed by atoms with Crippen LogP contribution in [-0.2, 0) is 0 Å². The summed E-state index contributed by atoms with van der Waals surface area (Å²) in [6, 6.07) is 7.76. The summed E-state index contributed by atoms with van der Waals surface area (Å²) in [7, 11) is 1.55. The molecule has 6 nitrogen and oxygen atoms in total. The molecule has 0 saturated heterocycles. The zero-order valence-corrected chi connectivity index (χ0v) is 15.3. The minimum absolute atomic E-state index is 0.00822. The number of rotatable bonds is 7. The zero-order valence-electron chi connectivity index (χ0n) is 13.8. The van der Waals surface area contributed by atoms with Gasteiger partial charge in [0, 0.05) is 17.6 Å². The van der Waals surface area contributed by atoms with Crippen molar-refractivity contribution in [3.63, 3.8) is 0 Å². The quantitative estimate of drug-likeness (QED) is 0.465. The third-order valence-corrected chi connectivity index (χ3v) is 4.11. The topological polar surface area (TPSA) is 69.2 Å². The van der Waals surface area contributed by atoms with Crippen LogP contribution in [0.5, 0.6) is 11.5 Å². The fraction of sp³-hybridized carbons (Fsp3) is 0.235. The SMILES string of the molecule is COc1cc2c(Nc3ccc(F)c(Cl)c3)nnnc2cc1OCCCCl. The standard InChI is InChI=1S/C17H15Cl2FN4O2/c1-25-15-8-11-14(9-16(15)26-6-2-5-18)22-24-23-17(11)21-10-3-4-13(20)12(19)7-10/h3-4,7-9H,2,5-6H2,1H3,(H,21,22,23). The van der Waals surface area contributed by atoms with Crippen molar-refractivity contribution in [3.8, 4) is 11.5 Å². The lowest BCUT2D eigenvalue weighted by Crippen LogP contribution is -2.03. The highest BCUT2D eigenvalue weighted by atomic mass is 35.5. The molecule has 0 spiro atoms. The highest BCUT2D eigenvalue weighted by Gasteiger charge is 2.13. The van der Waals surface area contributed by atoms with Crippen LogP contribution in [0.25, 0.3) is 10.9 Å². The van der Waals surface area contributed by atoms with Crippen molar-refractivity contribution in [2.45, 2.75) is 6.42 Å². The number of aromatic nitrogens is 3. The molecule has 0 radical (unpaired) electrons. The van der Waals surface area contributed by atoms with E-state index in [-0.39, 0.29) is 5.02 Å². The zero-order chi connectivity index (χ0) is 18.5. The number of halogens is 3. The molecule has 2 aromatic carbocycles. The molecule has 0 amide bonds. The normalized spacial score (nSPS) is 10.8. The molecule has 3 aromatic rings. The molecule has 0 aliphatic carbocycles. The molecule has 1 heterocycles. The highest BCUT2D eigenvalue weighted by Crippen LogP contribution is 2.34. The van der Waals surface area contributed by atoms with Crippen molar-refractivity contribution in [1.29, 1.82) is 0 Å². The van der Waals surface area contributed by atoms with E-state index in [1.165, 1.54) is 12.1 Å². The van der Waals surface area contributed by atoms with Crippen molar-refractivity contribution in [1.82, 2.24) is 15.4 Å². The highest BCUT2D eigenvalue weighted by molar-refractivity contribution is 6.31. The summed E-state index contributed by atoms with van der Waals surface area (Å²) in [4.78, 5) is 0. The first kappa shape index (κ1) is 18.4. The molecule has 0 aliphatic heterocycles. The van der Waals surface area contributed by atoms with E-state index in [1.54, 1.807) is 25.3 Å². The van der Waals surface area contributed by atoms with Crippen molar-refractivity contribution >= 4 is 45.6 Å². The van der Waals surface area contributed by atoms with Crippen molar-refractivity contribution < 1.29 is 13.9 Å². The predicted octanol–water partition coefficient (Wildman–Crippen LogP) is 4.58. The van der Waals surface area contributed by atoms with Gasteiger partial charge in [-0.3, -0.25) is 0 Å². The number of anilines is 2. The van der Waals surface area contributed by atoms with E-state index < -0.39 is 5.82 Å². The first-order valence-corrected chi connectivity index (χ1v) is 8.65. The second-order valence-electron chi connectivity index (χ2n) is 5.30. The number of benzene rings is 2.